The van der Waals surface area contributed by atoms with Gasteiger partial charge in [0.2, 0.25) is 0 Å². The van der Waals surface area contributed by atoms with Gasteiger partial charge in [0, 0.05) is 31.9 Å². The molecule has 0 aromatic heterocycles. The number of amides is 1. The van der Waals surface area contributed by atoms with E-state index in [0.717, 1.165) is 12.1 Å². The Labute approximate surface area is 152 Å². The van der Waals surface area contributed by atoms with E-state index in [9.17, 15) is 22.4 Å². The van der Waals surface area contributed by atoms with Crippen molar-refractivity contribution >= 4 is 23.2 Å². The number of rotatable bonds is 2. The lowest BCUT2D eigenvalue weighted by atomic mass is 10.1. The van der Waals surface area contributed by atoms with Gasteiger partial charge in [0.1, 0.15) is 5.82 Å². The average molecular weight is 387 g/mol. The molecule has 0 bridgehead atoms. The summed E-state index contributed by atoms with van der Waals surface area (Å²) < 4.78 is 51.8. The van der Waals surface area contributed by atoms with Crippen LogP contribution in [0.1, 0.15) is 15.9 Å². The summed E-state index contributed by atoms with van der Waals surface area (Å²) in [6.07, 6.45) is -4.37. The first-order chi connectivity index (χ1) is 12.3. The van der Waals surface area contributed by atoms with Crippen LogP contribution in [0.4, 0.5) is 23.2 Å². The van der Waals surface area contributed by atoms with Crippen LogP contribution >= 0.6 is 11.6 Å². The van der Waals surface area contributed by atoms with E-state index in [1.54, 1.807) is 0 Å². The summed E-state index contributed by atoms with van der Waals surface area (Å²) in [4.78, 5) is 15.9. The van der Waals surface area contributed by atoms with Gasteiger partial charge in [-0.3, -0.25) is 4.79 Å². The molecular weight excluding hydrogens is 372 g/mol. The zero-order valence-electron chi connectivity index (χ0n) is 13.6. The fourth-order valence-corrected chi connectivity index (χ4v) is 3.13. The Hall–Kier alpha value is -2.28. The molecule has 1 aliphatic rings. The van der Waals surface area contributed by atoms with Crippen LogP contribution in [0.3, 0.4) is 0 Å². The maximum absolute atomic E-state index is 13.9. The van der Waals surface area contributed by atoms with Gasteiger partial charge in [-0.25, -0.2) is 4.39 Å². The molecule has 0 N–H and O–H groups in total. The predicted octanol–water partition coefficient (Wildman–Crippen LogP) is 4.46. The summed E-state index contributed by atoms with van der Waals surface area (Å²) in [6, 6.07) is 8.95. The van der Waals surface area contributed by atoms with E-state index in [1.807, 2.05) is 4.90 Å². The minimum Gasteiger partial charge on any atom is -0.368 e. The maximum atomic E-state index is 13.9. The van der Waals surface area contributed by atoms with Crippen LogP contribution in [0.5, 0.6) is 0 Å². The molecule has 0 aliphatic carbocycles. The number of hydrogen-bond acceptors (Lipinski definition) is 2. The topological polar surface area (TPSA) is 23.6 Å². The van der Waals surface area contributed by atoms with E-state index in [0.29, 0.717) is 31.9 Å². The Morgan fingerprint density at radius 2 is 1.58 bits per heavy atom. The zero-order chi connectivity index (χ0) is 18.9. The lowest BCUT2D eigenvalue weighted by Crippen LogP contribution is -2.49. The third-order valence-electron chi connectivity index (χ3n) is 4.30. The lowest BCUT2D eigenvalue weighted by Gasteiger charge is -2.36. The van der Waals surface area contributed by atoms with Crippen LogP contribution in [0, 0.1) is 5.82 Å². The Kier molecular flexibility index (Phi) is 5.09. The Balaban J connectivity index is 1.67. The van der Waals surface area contributed by atoms with E-state index in [4.69, 9.17) is 11.6 Å². The predicted molar refractivity (Wildman–Crippen MR) is 91.0 cm³/mol. The number of piperazine rings is 1. The summed E-state index contributed by atoms with van der Waals surface area (Å²) in [5.74, 6) is -1.16. The summed E-state index contributed by atoms with van der Waals surface area (Å²) in [7, 11) is 0. The van der Waals surface area contributed by atoms with Gasteiger partial charge in [-0.2, -0.15) is 13.2 Å². The first kappa shape index (κ1) is 18.5. The normalized spacial score (nSPS) is 15.3. The molecule has 26 heavy (non-hydrogen) atoms. The maximum Gasteiger partial charge on any atom is 0.416 e. The van der Waals surface area contributed by atoms with Crippen molar-refractivity contribution in [2.24, 2.45) is 0 Å². The molecular formula is C18H15ClF4N2O. The third kappa shape index (κ3) is 3.77. The summed E-state index contributed by atoms with van der Waals surface area (Å²) in [5.41, 5.74) is -0.213. The molecule has 3 rings (SSSR count). The molecule has 1 fully saturated rings. The van der Waals surface area contributed by atoms with Gasteiger partial charge in [0.05, 0.1) is 16.1 Å². The molecule has 1 heterocycles. The van der Waals surface area contributed by atoms with Gasteiger partial charge < -0.3 is 9.80 Å². The van der Waals surface area contributed by atoms with Crippen molar-refractivity contribution in [3.05, 3.63) is 64.4 Å². The lowest BCUT2D eigenvalue weighted by molar-refractivity contribution is -0.137. The molecule has 1 aliphatic heterocycles. The number of carbonyl (C=O) groups excluding carboxylic acids is 1. The molecule has 2 aromatic rings. The SMILES string of the molecule is O=C(c1c(F)cccc1Cl)N1CCN(c2ccc(C(F)(F)F)cc2)CC1. The van der Waals surface area contributed by atoms with Crippen molar-refractivity contribution < 1.29 is 22.4 Å². The fraction of sp³-hybridized carbons (Fsp3) is 0.278. The molecule has 2 aromatic carbocycles. The highest BCUT2D eigenvalue weighted by atomic mass is 35.5. The standard InChI is InChI=1S/C18H15ClF4N2O/c19-14-2-1-3-15(20)16(14)17(26)25-10-8-24(9-11-25)13-6-4-12(5-7-13)18(21,22)23/h1-7H,8-11H2. The van der Waals surface area contributed by atoms with Crippen LogP contribution in [-0.4, -0.2) is 37.0 Å². The van der Waals surface area contributed by atoms with Gasteiger partial charge in [-0.15, -0.1) is 0 Å². The van der Waals surface area contributed by atoms with Gasteiger partial charge in [-0.1, -0.05) is 17.7 Å². The van der Waals surface area contributed by atoms with E-state index in [-0.39, 0.29) is 10.6 Å². The van der Waals surface area contributed by atoms with Crippen molar-refractivity contribution in [2.45, 2.75) is 6.18 Å². The summed E-state index contributed by atoms with van der Waals surface area (Å²) >= 11 is 5.93. The molecule has 0 unspecified atom stereocenters. The van der Waals surface area contributed by atoms with Crippen molar-refractivity contribution in [2.75, 3.05) is 31.1 Å². The highest BCUT2D eigenvalue weighted by Gasteiger charge is 2.30. The van der Waals surface area contributed by atoms with Gasteiger partial charge in [-0.05, 0) is 36.4 Å². The Morgan fingerprint density at radius 3 is 2.12 bits per heavy atom. The smallest absolute Gasteiger partial charge is 0.368 e. The second-order valence-electron chi connectivity index (χ2n) is 5.92. The van der Waals surface area contributed by atoms with E-state index < -0.39 is 23.5 Å². The second kappa shape index (κ2) is 7.15. The first-order valence-electron chi connectivity index (χ1n) is 7.93. The molecule has 0 saturated carbocycles. The summed E-state index contributed by atoms with van der Waals surface area (Å²) in [6.45, 7) is 1.52. The molecule has 138 valence electrons. The highest BCUT2D eigenvalue weighted by molar-refractivity contribution is 6.33. The molecule has 1 amide bonds. The molecule has 8 heteroatoms. The van der Waals surface area contributed by atoms with E-state index in [2.05, 4.69) is 0 Å². The molecule has 3 nitrogen and oxygen atoms in total. The van der Waals surface area contributed by atoms with Crippen molar-refractivity contribution in [3.63, 3.8) is 0 Å². The zero-order valence-corrected chi connectivity index (χ0v) is 14.3. The third-order valence-corrected chi connectivity index (χ3v) is 4.62. The van der Waals surface area contributed by atoms with Crippen LogP contribution in [0.2, 0.25) is 5.02 Å². The average Bonchev–Trinajstić information content (AvgIpc) is 2.61. The van der Waals surface area contributed by atoms with Crippen LogP contribution in [0.25, 0.3) is 0 Å². The Bertz CT molecular complexity index is 780. The number of anilines is 1. The minimum atomic E-state index is -4.37. The minimum absolute atomic E-state index is 0.0557. The number of alkyl halides is 3. The molecule has 0 atom stereocenters. The largest absolute Gasteiger partial charge is 0.416 e. The number of carbonyl (C=O) groups is 1. The van der Waals surface area contributed by atoms with Gasteiger partial charge in [0.25, 0.3) is 5.91 Å². The van der Waals surface area contributed by atoms with Gasteiger partial charge in [0.15, 0.2) is 0 Å². The molecule has 1 saturated heterocycles. The number of nitrogens with zero attached hydrogens (tertiary/aromatic N) is 2. The van der Waals surface area contributed by atoms with Crippen molar-refractivity contribution in [1.82, 2.24) is 4.90 Å². The first-order valence-corrected chi connectivity index (χ1v) is 8.30. The summed E-state index contributed by atoms with van der Waals surface area (Å²) in [5, 5.41) is 0.0557. The fourth-order valence-electron chi connectivity index (χ4n) is 2.89. The van der Waals surface area contributed by atoms with Crippen molar-refractivity contribution in [1.29, 1.82) is 0 Å². The molecule has 0 radical (unpaired) electrons. The molecule has 0 spiro atoms. The highest BCUT2D eigenvalue weighted by Crippen LogP contribution is 2.31. The van der Waals surface area contributed by atoms with Crippen LogP contribution in [-0.2, 0) is 6.18 Å². The quantitative estimate of drug-likeness (QED) is 0.711. The Morgan fingerprint density at radius 1 is 0.962 bits per heavy atom. The second-order valence-corrected chi connectivity index (χ2v) is 6.33. The van der Waals surface area contributed by atoms with E-state index in [1.165, 1.54) is 35.2 Å². The van der Waals surface area contributed by atoms with Crippen LogP contribution in [0.15, 0.2) is 42.5 Å². The van der Waals surface area contributed by atoms with Crippen molar-refractivity contribution in [3.8, 4) is 0 Å². The number of benzene rings is 2. The monoisotopic (exact) mass is 386 g/mol. The van der Waals surface area contributed by atoms with E-state index >= 15 is 0 Å². The number of hydrogen-bond donors (Lipinski definition) is 0. The number of halogens is 5. The van der Waals surface area contributed by atoms with Gasteiger partial charge >= 0.3 is 6.18 Å². The van der Waals surface area contributed by atoms with Crippen LogP contribution < -0.4 is 4.90 Å².